The average molecular weight is 339 g/mol. The monoisotopic (exact) mass is 338 g/mol. The zero-order valence-corrected chi connectivity index (χ0v) is 12.9. The average Bonchev–Trinajstić information content (AvgIpc) is 2.35. The summed E-state index contributed by atoms with van der Waals surface area (Å²) in [6.07, 6.45) is 3.65. The van der Waals surface area contributed by atoms with Gasteiger partial charge < -0.3 is 22.3 Å². The van der Waals surface area contributed by atoms with Crippen molar-refractivity contribution in [1.82, 2.24) is 0 Å². The maximum absolute atomic E-state index is 13.2. The predicted octanol–water partition coefficient (Wildman–Crippen LogP) is -0.627. The highest BCUT2D eigenvalue weighted by molar-refractivity contribution is 5.91. The third-order valence-corrected chi connectivity index (χ3v) is 2.87. The Labute approximate surface area is 128 Å². The van der Waals surface area contributed by atoms with Gasteiger partial charge in [-0.15, -0.1) is 0 Å². The minimum absolute atomic E-state index is 0. The molecule has 106 valence electrons. The summed E-state index contributed by atoms with van der Waals surface area (Å²) >= 11 is 0. The lowest BCUT2D eigenvalue weighted by Gasteiger charge is -2.10. The van der Waals surface area contributed by atoms with E-state index in [9.17, 15) is 9.18 Å². The normalized spacial score (nSPS) is 9.75. The van der Waals surface area contributed by atoms with Gasteiger partial charge in [0, 0.05) is 17.8 Å². The molecule has 0 saturated carbocycles. The first-order chi connectivity index (χ1) is 9.06. The number of nitrogens with zero attached hydrogens (tertiary/aromatic N) is 1. The van der Waals surface area contributed by atoms with Crippen LogP contribution in [0.4, 0.5) is 10.1 Å². The highest BCUT2D eigenvalue weighted by Gasteiger charge is 2.12. The van der Waals surface area contributed by atoms with Crippen LogP contribution in [0.25, 0.3) is 0 Å². The van der Waals surface area contributed by atoms with Crippen LogP contribution in [0.3, 0.4) is 0 Å². The number of halogens is 2. The molecule has 0 fully saturated rings. The molecule has 0 atom stereocenters. The summed E-state index contributed by atoms with van der Waals surface area (Å²) in [7, 11) is 0. The van der Waals surface area contributed by atoms with E-state index < -0.39 is 0 Å². The fourth-order valence-electron chi connectivity index (χ4n) is 1.99. The quantitative estimate of drug-likeness (QED) is 0.743. The van der Waals surface area contributed by atoms with E-state index in [2.05, 4.69) is 5.32 Å². The standard InChI is InChI=1S/C15H15FN2O.BrH/c1-11-8-13(16)9-12(2)15(11)17-14(19)10-18-6-4-3-5-7-18;/h3-9H,10H2,1-2H3;1H. The van der Waals surface area contributed by atoms with E-state index in [0.29, 0.717) is 5.69 Å². The number of hydrogen-bond donors (Lipinski definition) is 1. The summed E-state index contributed by atoms with van der Waals surface area (Å²) in [4.78, 5) is 11.9. The Kier molecular flexibility index (Phi) is 5.82. The van der Waals surface area contributed by atoms with Crippen molar-refractivity contribution in [2.24, 2.45) is 0 Å². The summed E-state index contributed by atoms with van der Waals surface area (Å²) in [6.45, 7) is 3.79. The third-order valence-electron chi connectivity index (χ3n) is 2.87. The second-order valence-electron chi connectivity index (χ2n) is 4.51. The maximum Gasteiger partial charge on any atom is 0.290 e. The molecule has 1 heterocycles. The van der Waals surface area contributed by atoms with Crippen LogP contribution in [0.2, 0.25) is 0 Å². The van der Waals surface area contributed by atoms with E-state index >= 15 is 0 Å². The first-order valence-electron chi connectivity index (χ1n) is 6.07. The topological polar surface area (TPSA) is 33.0 Å². The van der Waals surface area contributed by atoms with Gasteiger partial charge in [-0.1, -0.05) is 6.07 Å². The zero-order chi connectivity index (χ0) is 13.8. The smallest absolute Gasteiger partial charge is 0.290 e. The van der Waals surface area contributed by atoms with Crippen molar-refractivity contribution < 1.29 is 30.7 Å². The molecule has 0 bridgehead atoms. The first kappa shape index (κ1) is 16.3. The van der Waals surface area contributed by atoms with Crippen molar-refractivity contribution in [3.63, 3.8) is 0 Å². The molecular formula is C15H16BrFN2O. The summed E-state index contributed by atoms with van der Waals surface area (Å²) in [5, 5.41) is 2.83. The zero-order valence-electron chi connectivity index (χ0n) is 11.4. The van der Waals surface area contributed by atoms with Crippen LogP contribution in [0.15, 0.2) is 42.7 Å². The van der Waals surface area contributed by atoms with Gasteiger partial charge in [-0.05, 0) is 37.1 Å². The Morgan fingerprint density at radius 2 is 1.70 bits per heavy atom. The Morgan fingerprint density at radius 1 is 1.15 bits per heavy atom. The number of carbonyl (C=O) groups is 1. The van der Waals surface area contributed by atoms with Gasteiger partial charge in [0.2, 0.25) is 6.54 Å². The summed E-state index contributed by atoms with van der Waals surface area (Å²) in [5.74, 6) is -0.417. The fraction of sp³-hybridized carbons (Fsp3) is 0.200. The van der Waals surface area contributed by atoms with Gasteiger partial charge >= 0.3 is 0 Å². The van der Waals surface area contributed by atoms with Crippen molar-refractivity contribution in [2.45, 2.75) is 20.4 Å². The molecule has 1 aromatic heterocycles. The molecule has 5 heteroatoms. The third kappa shape index (κ3) is 4.13. The van der Waals surface area contributed by atoms with Crippen molar-refractivity contribution in [3.8, 4) is 0 Å². The molecule has 0 saturated heterocycles. The van der Waals surface area contributed by atoms with Crippen LogP contribution in [-0.2, 0) is 11.3 Å². The van der Waals surface area contributed by atoms with E-state index in [1.807, 2.05) is 30.6 Å². The van der Waals surface area contributed by atoms with Crippen LogP contribution in [0, 0.1) is 19.7 Å². The number of nitrogens with one attached hydrogen (secondary N) is 1. The molecule has 0 radical (unpaired) electrons. The highest BCUT2D eigenvalue weighted by atomic mass is 79.9. The molecule has 0 spiro atoms. The van der Waals surface area contributed by atoms with Crippen molar-refractivity contribution in [2.75, 3.05) is 5.32 Å². The molecule has 3 nitrogen and oxygen atoms in total. The van der Waals surface area contributed by atoms with Crippen molar-refractivity contribution in [1.29, 1.82) is 0 Å². The molecule has 0 unspecified atom stereocenters. The highest BCUT2D eigenvalue weighted by Crippen LogP contribution is 2.21. The summed E-state index contributed by atoms with van der Waals surface area (Å²) in [5.41, 5.74) is 2.13. The number of aryl methyl sites for hydroxylation is 2. The van der Waals surface area contributed by atoms with Crippen LogP contribution in [-0.4, -0.2) is 5.91 Å². The largest absolute Gasteiger partial charge is 1.00 e. The van der Waals surface area contributed by atoms with Gasteiger partial charge in [0.1, 0.15) is 5.82 Å². The molecule has 1 amide bonds. The van der Waals surface area contributed by atoms with Crippen molar-refractivity contribution in [3.05, 3.63) is 59.7 Å². The van der Waals surface area contributed by atoms with E-state index in [4.69, 9.17) is 0 Å². The van der Waals surface area contributed by atoms with Crippen LogP contribution in [0.1, 0.15) is 11.1 Å². The Hall–Kier alpha value is -1.75. The summed E-state index contributed by atoms with van der Waals surface area (Å²) < 4.78 is 15.0. The molecule has 1 N–H and O–H groups in total. The molecule has 20 heavy (non-hydrogen) atoms. The second-order valence-corrected chi connectivity index (χ2v) is 4.51. The minimum atomic E-state index is -0.287. The van der Waals surface area contributed by atoms with Gasteiger partial charge in [-0.25, -0.2) is 4.39 Å². The second kappa shape index (κ2) is 7.14. The molecular weight excluding hydrogens is 323 g/mol. The fourth-order valence-corrected chi connectivity index (χ4v) is 1.99. The number of rotatable bonds is 3. The lowest BCUT2D eigenvalue weighted by molar-refractivity contribution is -0.684. The lowest BCUT2D eigenvalue weighted by atomic mass is 10.1. The number of amides is 1. The number of carbonyl (C=O) groups excluding carboxylic acids is 1. The number of pyridine rings is 1. The van der Waals surface area contributed by atoms with Gasteiger partial charge in [0.25, 0.3) is 5.91 Å². The number of anilines is 1. The van der Waals surface area contributed by atoms with E-state index in [-0.39, 0.29) is 35.3 Å². The molecule has 0 aliphatic rings. The Balaban J connectivity index is 0.00000200. The number of aromatic nitrogens is 1. The first-order valence-corrected chi connectivity index (χ1v) is 6.07. The Bertz CT molecular complexity index is 579. The molecule has 1 aromatic carbocycles. The Morgan fingerprint density at radius 3 is 2.25 bits per heavy atom. The van der Waals surface area contributed by atoms with Crippen LogP contribution < -0.4 is 26.9 Å². The van der Waals surface area contributed by atoms with Gasteiger partial charge in [0.15, 0.2) is 12.4 Å². The van der Waals surface area contributed by atoms with Crippen LogP contribution >= 0.6 is 0 Å². The summed E-state index contributed by atoms with van der Waals surface area (Å²) in [6, 6.07) is 8.45. The number of benzene rings is 1. The maximum atomic E-state index is 13.2. The molecule has 2 aromatic rings. The lowest BCUT2D eigenvalue weighted by Crippen LogP contribution is -3.00. The minimum Gasteiger partial charge on any atom is -1.00 e. The van der Waals surface area contributed by atoms with E-state index in [1.54, 1.807) is 18.4 Å². The van der Waals surface area contributed by atoms with Crippen molar-refractivity contribution >= 4 is 11.6 Å². The van der Waals surface area contributed by atoms with E-state index in [0.717, 1.165) is 11.1 Å². The van der Waals surface area contributed by atoms with Gasteiger partial charge in [-0.2, -0.15) is 4.57 Å². The van der Waals surface area contributed by atoms with Gasteiger partial charge in [-0.3, -0.25) is 4.79 Å². The van der Waals surface area contributed by atoms with Gasteiger partial charge in [0.05, 0.1) is 0 Å². The number of hydrogen-bond acceptors (Lipinski definition) is 1. The predicted molar refractivity (Wildman–Crippen MR) is 71.1 cm³/mol. The molecule has 0 aliphatic heterocycles. The molecule has 2 rings (SSSR count). The van der Waals surface area contributed by atoms with E-state index in [1.165, 1.54) is 12.1 Å². The molecule has 0 aliphatic carbocycles. The van der Waals surface area contributed by atoms with Crippen LogP contribution in [0.5, 0.6) is 0 Å². The SMILES string of the molecule is Cc1cc(F)cc(C)c1NC(=O)C[n+]1ccccc1.[Br-].